The first-order valence-corrected chi connectivity index (χ1v) is 10.7. The third-order valence-corrected chi connectivity index (χ3v) is 6.52. The summed E-state index contributed by atoms with van der Waals surface area (Å²) in [5.41, 5.74) is 2.97. The summed E-state index contributed by atoms with van der Waals surface area (Å²) >= 11 is 0. The van der Waals surface area contributed by atoms with E-state index in [0.29, 0.717) is 18.5 Å². The van der Waals surface area contributed by atoms with Gasteiger partial charge in [0, 0.05) is 38.3 Å². The molecule has 0 saturated carbocycles. The van der Waals surface area contributed by atoms with Crippen molar-refractivity contribution in [2.45, 2.75) is 52.0 Å². The molecule has 1 N–H and O–H groups in total. The molecule has 2 aliphatic heterocycles. The number of hydrogen-bond donors (Lipinski definition) is 1. The van der Waals surface area contributed by atoms with Crippen molar-refractivity contribution in [2.24, 2.45) is 5.41 Å². The molecule has 1 aromatic heterocycles. The van der Waals surface area contributed by atoms with Gasteiger partial charge in [0.05, 0.1) is 11.8 Å². The fourth-order valence-electron chi connectivity index (χ4n) is 4.75. The number of nitrogens with zero attached hydrogens (tertiary/aromatic N) is 3. The van der Waals surface area contributed by atoms with Crippen molar-refractivity contribution in [1.82, 2.24) is 20.0 Å². The summed E-state index contributed by atoms with van der Waals surface area (Å²) in [5.74, 6) is 0.339. The lowest BCUT2D eigenvalue weighted by Gasteiger charge is -2.47. The van der Waals surface area contributed by atoms with Crippen molar-refractivity contribution < 1.29 is 9.59 Å². The Kier molecular flexibility index (Phi) is 5.69. The molecule has 1 aromatic carbocycles. The van der Waals surface area contributed by atoms with Gasteiger partial charge < -0.3 is 9.80 Å². The summed E-state index contributed by atoms with van der Waals surface area (Å²) in [6.45, 7) is 5.09. The summed E-state index contributed by atoms with van der Waals surface area (Å²) in [5, 5.41) is 7.06. The second-order valence-electron chi connectivity index (χ2n) is 8.54. The van der Waals surface area contributed by atoms with E-state index in [9.17, 15) is 9.59 Å². The molecule has 6 nitrogen and oxygen atoms in total. The Balaban J connectivity index is 1.39. The Labute approximate surface area is 172 Å². The Morgan fingerprint density at radius 1 is 1.17 bits per heavy atom. The molecule has 2 aliphatic rings. The Bertz CT molecular complexity index is 853. The molecule has 29 heavy (non-hydrogen) atoms. The van der Waals surface area contributed by atoms with E-state index in [-0.39, 0.29) is 17.2 Å². The monoisotopic (exact) mass is 394 g/mol. The van der Waals surface area contributed by atoms with E-state index in [2.05, 4.69) is 29.3 Å². The van der Waals surface area contributed by atoms with Crippen molar-refractivity contribution in [3.05, 3.63) is 53.3 Å². The lowest BCUT2D eigenvalue weighted by Crippen LogP contribution is -2.52. The number of rotatable bonds is 5. The van der Waals surface area contributed by atoms with Gasteiger partial charge in [-0.3, -0.25) is 14.7 Å². The van der Waals surface area contributed by atoms with Gasteiger partial charge in [0.15, 0.2) is 0 Å². The number of carbonyl (C=O) groups excluding carboxylic acids is 2. The van der Waals surface area contributed by atoms with Crippen molar-refractivity contribution in [3.63, 3.8) is 0 Å². The highest BCUT2D eigenvalue weighted by atomic mass is 16.2. The summed E-state index contributed by atoms with van der Waals surface area (Å²) in [6, 6.07) is 10.2. The number of aromatic nitrogens is 2. The lowest BCUT2D eigenvalue weighted by atomic mass is 9.72. The Morgan fingerprint density at radius 3 is 2.66 bits per heavy atom. The minimum atomic E-state index is 0.0880. The van der Waals surface area contributed by atoms with Crippen LogP contribution in [0.15, 0.2) is 36.5 Å². The molecular formula is C23H30N4O2. The SMILES string of the molecule is CCCc1[nH]ncc1C(=O)N1CCC2(CCC(=O)N(Cc3ccccc3)C2)CC1. The number of aryl methyl sites for hydroxylation is 1. The fourth-order valence-corrected chi connectivity index (χ4v) is 4.75. The number of piperidine rings is 2. The Morgan fingerprint density at radius 2 is 1.93 bits per heavy atom. The maximum Gasteiger partial charge on any atom is 0.257 e. The number of hydrogen-bond acceptors (Lipinski definition) is 3. The van der Waals surface area contributed by atoms with Crippen LogP contribution in [0.2, 0.25) is 0 Å². The summed E-state index contributed by atoms with van der Waals surface area (Å²) in [6.07, 6.45) is 6.95. The topological polar surface area (TPSA) is 69.3 Å². The van der Waals surface area contributed by atoms with Crippen LogP contribution in [-0.2, 0) is 17.8 Å². The number of aromatic amines is 1. The largest absolute Gasteiger partial charge is 0.338 e. The molecular weight excluding hydrogens is 364 g/mol. The molecule has 1 spiro atoms. The first kappa shape index (κ1) is 19.7. The van der Waals surface area contributed by atoms with Gasteiger partial charge in [0.2, 0.25) is 5.91 Å². The first-order chi connectivity index (χ1) is 14.1. The molecule has 4 rings (SSSR count). The highest BCUT2D eigenvalue weighted by Crippen LogP contribution is 2.41. The minimum absolute atomic E-state index is 0.0880. The van der Waals surface area contributed by atoms with E-state index in [1.807, 2.05) is 28.0 Å². The third kappa shape index (κ3) is 4.21. The predicted octanol–water partition coefficient (Wildman–Crippen LogP) is 3.41. The van der Waals surface area contributed by atoms with Crippen LogP contribution < -0.4 is 0 Å². The van der Waals surface area contributed by atoms with Crippen molar-refractivity contribution >= 4 is 11.8 Å². The highest BCUT2D eigenvalue weighted by molar-refractivity contribution is 5.95. The molecule has 0 radical (unpaired) electrons. The minimum Gasteiger partial charge on any atom is -0.338 e. The van der Waals surface area contributed by atoms with Crippen LogP contribution in [0.3, 0.4) is 0 Å². The van der Waals surface area contributed by atoms with E-state index in [1.54, 1.807) is 6.20 Å². The molecule has 2 aromatic rings. The maximum absolute atomic E-state index is 13.0. The number of amides is 2. The highest BCUT2D eigenvalue weighted by Gasteiger charge is 2.42. The van der Waals surface area contributed by atoms with E-state index in [1.165, 1.54) is 5.56 Å². The first-order valence-electron chi connectivity index (χ1n) is 10.7. The number of benzene rings is 1. The zero-order chi connectivity index (χ0) is 20.3. The van der Waals surface area contributed by atoms with Crippen LogP contribution in [0.4, 0.5) is 0 Å². The van der Waals surface area contributed by atoms with Gasteiger partial charge in [-0.05, 0) is 36.7 Å². The average Bonchev–Trinajstić information content (AvgIpc) is 3.20. The van der Waals surface area contributed by atoms with E-state index in [4.69, 9.17) is 0 Å². The summed E-state index contributed by atoms with van der Waals surface area (Å²) < 4.78 is 0. The van der Waals surface area contributed by atoms with Gasteiger partial charge in [-0.2, -0.15) is 5.10 Å². The quantitative estimate of drug-likeness (QED) is 0.845. The average molecular weight is 395 g/mol. The van der Waals surface area contributed by atoms with E-state index >= 15 is 0 Å². The molecule has 0 aliphatic carbocycles. The van der Waals surface area contributed by atoms with Gasteiger partial charge in [-0.15, -0.1) is 0 Å². The number of likely N-dealkylation sites (tertiary alicyclic amines) is 2. The molecule has 2 saturated heterocycles. The standard InChI is InChI=1S/C23H30N4O2/c1-2-6-20-19(15-24-25-20)22(29)26-13-11-23(12-14-26)10-9-21(28)27(17-23)16-18-7-4-3-5-8-18/h3-5,7-8,15H,2,6,9-14,16-17H2,1H3,(H,24,25). The number of carbonyl (C=O) groups is 2. The van der Waals surface area contributed by atoms with Crippen molar-refractivity contribution in [2.75, 3.05) is 19.6 Å². The molecule has 2 amide bonds. The van der Waals surface area contributed by atoms with Crippen molar-refractivity contribution in [3.8, 4) is 0 Å². The van der Waals surface area contributed by atoms with Crippen LogP contribution in [0, 0.1) is 5.41 Å². The second-order valence-corrected chi connectivity index (χ2v) is 8.54. The van der Waals surface area contributed by atoms with Gasteiger partial charge in [-0.1, -0.05) is 43.7 Å². The van der Waals surface area contributed by atoms with Gasteiger partial charge in [0.25, 0.3) is 5.91 Å². The number of nitrogens with one attached hydrogen (secondary N) is 1. The van der Waals surface area contributed by atoms with Gasteiger partial charge in [0.1, 0.15) is 0 Å². The van der Waals surface area contributed by atoms with E-state index in [0.717, 1.165) is 57.4 Å². The third-order valence-electron chi connectivity index (χ3n) is 6.52. The zero-order valence-corrected chi connectivity index (χ0v) is 17.2. The molecule has 2 fully saturated rings. The smallest absolute Gasteiger partial charge is 0.257 e. The van der Waals surface area contributed by atoms with Gasteiger partial charge in [-0.25, -0.2) is 0 Å². The molecule has 0 atom stereocenters. The maximum atomic E-state index is 13.0. The van der Waals surface area contributed by atoms with Crippen LogP contribution >= 0.6 is 0 Å². The molecule has 154 valence electrons. The molecule has 0 unspecified atom stereocenters. The van der Waals surface area contributed by atoms with Crippen LogP contribution in [-0.4, -0.2) is 51.4 Å². The normalized spacial score (nSPS) is 19.0. The van der Waals surface area contributed by atoms with Gasteiger partial charge >= 0.3 is 0 Å². The summed E-state index contributed by atoms with van der Waals surface area (Å²) in [4.78, 5) is 29.5. The zero-order valence-electron chi connectivity index (χ0n) is 17.2. The Hall–Kier alpha value is -2.63. The fraction of sp³-hybridized carbons (Fsp3) is 0.522. The van der Waals surface area contributed by atoms with Crippen molar-refractivity contribution in [1.29, 1.82) is 0 Å². The molecule has 3 heterocycles. The number of H-pyrrole nitrogens is 1. The van der Waals surface area contributed by atoms with E-state index < -0.39 is 0 Å². The van der Waals surface area contributed by atoms with Crippen LogP contribution in [0.25, 0.3) is 0 Å². The lowest BCUT2D eigenvalue weighted by molar-refractivity contribution is -0.139. The van der Waals surface area contributed by atoms with Crippen LogP contribution in [0.1, 0.15) is 60.6 Å². The second kappa shape index (κ2) is 8.39. The predicted molar refractivity (Wildman–Crippen MR) is 111 cm³/mol. The molecule has 0 bridgehead atoms. The summed E-state index contributed by atoms with van der Waals surface area (Å²) in [7, 11) is 0. The molecule has 6 heteroatoms. The van der Waals surface area contributed by atoms with Crippen LogP contribution in [0.5, 0.6) is 0 Å².